The van der Waals surface area contributed by atoms with Gasteiger partial charge >= 0.3 is 13.1 Å². The highest BCUT2D eigenvalue weighted by molar-refractivity contribution is 6.62. The lowest BCUT2D eigenvalue weighted by molar-refractivity contribution is 0.00578. The Labute approximate surface area is 178 Å². The molecule has 30 heavy (non-hydrogen) atoms. The van der Waals surface area contributed by atoms with Gasteiger partial charge in [-0.2, -0.15) is 0 Å². The molecule has 2 aromatic rings. The van der Waals surface area contributed by atoms with Crippen LogP contribution in [0.5, 0.6) is 11.5 Å². The summed E-state index contributed by atoms with van der Waals surface area (Å²) < 4.78 is 23.0. The summed E-state index contributed by atoms with van der Waals surface area (Å²) in [7, 11) is 1.16. The van der Waals surface area contributed by atoms with E-state index >= 15 is 0 Å². The molecule has 1 heterocycles. The van der Waals surface area contributed by atoms with Gasteiger partial charge in [0.05, 0.1) is 30.5 Å². The van der Waals surface area contributed by atoms with Crippen LogP contribution in [0.15, 0.2) is 48.5 Å². The molecule has 8 heteroatoms. The zero-order valence-electron chi connectivity index (χ0n) is 18.2. The van der Waals surface area contributed by atoms with Crippen molar-refractivity contribution in [3.8, 4) is 11.5 Å². The SMILES string of the molecule is COc1ccccc1NC(=O)NCCOc1ccc(B2OC(C)(C)C(C)(C)O2)cc1. The van der Waals surface area contributed by atoms with E-state index in [2.05, 4.69) is 10.6 Å². The minimum atomic E-state index is -0.399. The van der Waals surface area contributed by atoms with Gasteiger partial charge in [-0.3, -0.25) is 0 Å². The first-order chi connectivity index (χ1) is 14.2. The number of ether oxygens (including phenoxy) is 2. The molecule has 1 aliphatic heterocycles. The minimum absolute atomic E-state index is 0.320. The van der Waals surface area contributed by atoms with Gasteiger partial charge in [0.25, 0.3) is 0 Å². The van der Waals surface area contributed by atoms with E-state index in [9.17, 15) is 4.79 Å². The molecule has 2 aromatic carbocycles. The lowest BCUT2D eigenvalue weighted by Gasteiger charge is -2.32. The number of amides is 2. The predicted octanol–water partition coefficient (Wildman–Crippen LogP) is 3.19. The van der Waals surface area contributed by atoms with Crippen molar-refractivity contribution in [2.24, 2.45) is 0 Å². The van der Waals surface area contributed by atoms with Crippen molar-refractivity contribution in [2.75, 3.05) is 25.6 Å². The average molecular weight is 412 g/mol. The quantitative estimate of drug-likeness (QED) is 0.540. The number of anilines is 1. The van der Waals surface area contributed by atoms with Gasteiger partial charge in [0, 0.05) is 0 Å². The first-order valence-electron chi connectivity index (χ1n) is 9.98. The first kappa shape index (κ1) is 22.0. The second kappa shape index (κ2) is 8.98. The Morgan fingerprint density at radius 1 is 1.00 bits per heavy atom. The molecule has 0 unspecified atom stereocenters. The Balaban J connectivity index is 1.43. The molecule has 0 saturated carbocycles. The van der Waals surface area contributed by atoms with Crippen LogP contribution in [-0.2, 0) is 9.31 Å². The summed E-state index contributed by atoms with van der Waals surface area (Å²) in [5, 5.41) is 5.51. The van der Waals surface area contributed by atoms with Crippen molar-refractivity contribution in [3.63, 3.8) is 0 Å². The highest BCUT2D eigenvalue weighted by Gasteiger charge is 2.51. The molecule has 0 atom stereocenters. The number of hydrogen-bond donors (Lipinski definition) is 2. The molecule has 1 aliphatic rings. The average Bonchev–Trinajstić information content (AvgIpc) is 2.93. The fraction of sp³-hybridized carbons (Fsp3) is 0.409. The third-order valence-corrected chi connectivity index (χ3v) is 5.42. The number of nitrogens with one attached hydrogen (secondary N) is 2. The second-order valence-electron chi connectivity index (χ2n) is 8.09. The number of hydrogen-bond acceptors (Lipinski definition) is 5. The Morgan fingerprint density at radius 2 is 1.63 bits per heavy atom. The molecule has 0 spiro atoms. The Bertz CT molecular complexity index is 854. The van der Waals surface area contributed by atoms with E-state index in [1.165, 1.54) is 0 Å². The van der Waals surface area contributed by atoms with Gasteiger partial charge in [-0.15, -0.1) is 0 Å². The summed E-state index contributed by atoms with van der Waals surface area (Å²) in [6.07, 6.45) is 0. The standard InChI is InChI=1S/C22H29BN2O5/c1-21(2)22(3,4)30-23(29-21)16-10-12-17(13-11-16)28-15-14-24-20(26)25-18-8-6-7-9-19(18)27-5/h6-13H,14-15H2,1-5H3,(H2,24,25,26). The van der Waals surface area contributed by atoms with Crippen LogP contribution in [0.2, 0.25) is 0 Å². The van der Waals surface area contributed by atoms with Crippen LogP contribution in [0.25, 0.3) is 0 Å². The Morgan fingerprint density at radius 3 is 2.27 bits per heavy atom. The van der Waals surface area contributed by atoms with Crippen molar-refractivity contribution in [2.45, 2.75) is 38.9 Å². The maximum atomic E-state index is 12.0. The molecule has 0 aliphatic carbocycles. The van der Waals surface area contributed by atoms with Crippen molar-refractivity contribution in [1.82, 2.24) is 5.32 Å². The molecule has 2 amide bonds. The fourth-order valence-electron chi connectivity index (χ4n) is 2.95. The van der Waals surface area contributed by atoms with E-state index in [0.29, 0.717) is 30.3 Å². The third-order valence-electron chi connectivity index (χ3n) is 5.42. The Hall–Kier alpha value is -2.71. The second-order valence-corrected chi connectivity index (χ2v) is 8.09. The summed E-state index contributed by atoms with van der Waals surface area (Å²) in [4.78, 5) is 12.0. The normalized spacial score (nSPS) is 16.8. The smallest absolute Gasteiger partial charge is 0.494 e. The number of rotatable bonds is 7. The maximum absolute atomic E-state index is 12.0. The predicted molar refractivity (Wildman–Crippen MR) is 118 cm³/mol. The maximum Gasteiger partial charge on any atom is 0.494 e. The number of para-hydroxylation sites is 2. The molecular formula is C22H29BN2O5. The van der Waals surface area contributed by atoms with Crippen LogP contribution in [-0.4, -0.2) is 44.6 Å². The van der Waals surface area contributed by atoms with E-state index in [1.807, 2.05) is 64.1 Å². The highest BCUT2D eigenvalue weighted by atomic mass is 16.7. The third kappa shape index (κ3) is 5.06. The van der Waals surface area contributed by atoms with Gasteiger partial charge in [-0.05, 0) is 57.4 Å². The lowest BCUT2D eigenvalue weighted by atomic mass is 9.79. The van der Waals surface area contributed by atoms with Crippen LogP contribution in [0.1, 0.15) is 27.7 Å². The summed E-state index contributed by atoms with van der Waals surface area (Å²) in [5.74, 6) is 1.31. The van der Waals surface area contributed by atoms with Crippen LogP contribution in [0.4, 0.5) is 10.5 Å². The number of methoxy groups -OCH3 is 1. The number of benzene rings is 2. The molecule has 0 radical (unpaired) electrons. The Kier molecular flexibility index (Phi) is 6.58. The molecule has 1 fully saturated rings. The summed E-state index contributed by atoms with van der Waals surface area (Å²) >= 11 is 0. The molecule has 0 bridgehead atoms. The number of carbonyl (C=O) groups excluding carboxylic acids is 1. The van der Waals surface area contributed by atoms with Gasteiger partial charge in [0.2, 0.25) is 0 Å². The van der Waals surface area contributed by atoms with Gasteiger partial charge in [-0.25, -0.2) is 4.79 Å². The van der Waals surface area contributed by atoms with E-state index < -0.39 is 7.12 Å². The molecule has 2 N–H and O–H groups in total. The summed E-state index contributed by atoms with van der Waals surface area (Å²) in [6, 6.07) is 14.5. The topological polar surface area (TPSA) is 78.1 Å². The summed E-state index contributed by atoms with van der Waals surface area (Å²) in [6.45, 7) is 8.82. The van der Waals surface area contributed by atoms with Crippen LogP contribution in [0.3, 0.4) is 0 Å². The number of urea groups is 1. The molecule has 160 valence electrons. The fourth-order valence-corrected chi connectivity index (χ4v) is 2.95. The largest absolute Gasteiger partial charge is 0.495 e. The zero-order valence-corrected chi connectivity index (χ0v) is 18.2. The molecule has 7 nitrogen and oxygen atoms in total. The van der Waals surface area contributed by atoms with Gasteiger partial charge < -0.3 is 29.4 Å². The molecule has 1 saturated heterocycles. The van der Waals surface area contributed by atoms with Crippen LogP contribution >= 0.6 is 0 Å². The van der Waals surface area contributed by atoms with Crippen molar-refractivity contribution < 1.29 is 23.6 Å². The highest BCUT2D eigenvalue weighted by Crippen LogP contribution is 2.36. The number of carbonyl (C=O) groups is 1. The van der Waals surface area contributed by atoms with Gasteiger partial charge in [-0.1, -0.05) is 24.3 Å². The van der Waals surface area contributed by atoms with Crippen LogP contribution in [0, 0.1) is 0 Å². The molecular weight excluding hydrogens is 383 g/mol. The van der Waals surface area contributed by atoms with E-state index in [0.717, 1.165) is 5.46 Å². The van der Waals surface area contributed by atoms with E-state index in [1.54, 1.807) is 19.2 Å². The van der Waals surface area contributed by atoms with E-state index in [-0.39, 0.29) is 17.2 Å². The molecule has 0 aromatic heterocycles. The summed E-state index contributed by atoms with van der Waals surface area (Å²) in [5.41, 5.74) is 0.804. The zero-order chi connectivity index (χ0) is 21.8. The lowest BCUT2D eigenvalue weighted by Crippen LogP contribution is -2.41. The van der Waals surface area contributed by atoms with Crippen LogP contribution < -0.4 is 25.6 Å². The first-order valence-corrected chi connectivity index (χ1v) is 9.98. The van der Waals surface area contributed by atoms with Gasteiger partial charge in [0.15, 0.2) is 0 Å². The van der Waals surface area contributed by atoms with E-state index in [4.69, 9.17) is 18.8 Å². The minimum Gasteiger partial charge on any atom is -0.495 e. The van der Waals surface area contributed by atoms with Crippen molar-refractivity contribution >= 4 is 24.3 Å². The van der Waals surface area contributed by atoms with Crippen molar-refractivity contribution in [1.29, 1.82) is 0 Å². The van der Waals surface area contributed by atoms with Crippen molar-refractivity contribution in [3.05, 3.63) is 48.5 Å². The molecule has 3 rings (SSSR count). The van der Waals surface area contributed by atoms with Gasteiger partial charge in [0.1, 0.15) is 18.1 Å². The monoisotopic (exact) mass is 412 g/mol.